The number of ether oxygens (including phenoxy) is 1. The molecule has 0 aliphatic rings. The number of hydrogen-bond acceptors (Lipinski definition) is 3. The smallest absolute Gasteiger partial charge is 0.172 e. The molecule has 0 bridgehead atoms. The number of pyridine rings is 1. The zero-order valence-corrected chi connectivity index (χ0v) is 13.4. The lowest BCUT2D eigenvalue weighted by Crippen LogP contribution is -2.28. The van der Waals surface area contributed by atoms with Crippen molar-refractivity contribution in [1.29, 1.82) is 0 Å². The van der Waals surface area contributed by atoms with E-state index in [2.05, 4.69) is 15.6 Å². The van der Waals surface area contributed by atoms with E-state index >= 15 is 0 Å². The molecule has 0 radical (unpaired) electrons. The number of aryl methyl sites for hydroxylation is 1. The van der Waals surface area contributed by atoms with Crippen LogP contribution < -0.4 is 15.4 Å². The van der Waals surface area contributed by atoms with Crippen LogP contribution in [0.2, 0.25) is 5.02 Å². The minimum atomic E-state index is 0.517. The number of methoxy groups -OCH3 is 1. The SMILES string of the molecule is COc1ccc(CNC(=S)Nc2ncc(Cl)cc2C)cc1. The first-order valence-corrected chi connectivity index (χ1v) is 7.17. The first kappa shape index (κ1) is 15.5. The van der Waals surface area contributed by atoms with Crippen LogP contribution in [0.1, 0.15) is 11.1 Å². The van der Waals surface area contributed by atoms with Gasteiger partial charge in [0.05, 0.1) is 12.1 Å². The van der Waals surface area contributed by atoms with Gasteiger partial charge in [-0.25, -0.2) is 4.98 Å². The van der Waals surface area contributed by atoms with Gasteiger partial charge in [0, 0.05) is 12.7 Å². The second kappa shape index (κ2) is 7.24. The van der Waals surface area contributed by atoms with E-state index in [0.717, 1.165) is 16.9 Å². The predicted octanol–water partition coefficient (Wildman–Crippen LogP) is 3.54. The molecule has 2 N–H and O–H groups in total. The molecule has 0 unspecified atom stereocenters. The number of anilines is 1. The summed E-state index contributed by atoms with van der Waals surface area (Å²) in [6.07, 6.45) is 1.59. The number of nitrogens with zero attached hydrogens (tertiary/aromatic N) is 1. The van der Waals surface area contributed by atoms with Gasteiger partial charge in [-0.2, -0.15) is 0 Å². The Kier molecular flexibility index (Phi) is 5.36. The van der Waals surface area contributed by atoms with Gasteiger partial charge < -0.3 is 15.4 Å². The maximum atomic E-state index is 5.87. The Labute approximate surface area is 134 Å². The van der Waals surface area contributed by atoms with Crippen molar-refractivity contribution in [1.82, 2.24) is 10.3 Å². The molecule has 1 heterocycles. The van der Waals surface area contributed by atoms with E-state index in [4.69, 9.17) is 28.6 Å². The van der Waals surface area contributed by atoms with Crippen molar-refractivity contribution in [2.75, 3.05) is 12.4 Å². The van der Waals surface area contributed by atoms with Crippen LogP contribution in [0.15, 0.2) is 36.5 Å². The van der Waals surface area contributed by atoms with E-state index < -0.39 is 0 Å². The third kappa shape index (κ3) is 4.58. The molecule has 0 aliphatic carbocycles. The summed E-state index contributed by atoms with van der Waals surface area (Å²) in [7, 11) is 1.65. The third-order valence-corrected chi connectivity index (χ3v) is 3.34. The lowest BCUT2D eigenvalue weighted by Gasteiger charge is -2.12. The lowest BCUT2D eigenvalue weighted by molar-refractivity contribution is 0.414. The summed E-state index contributed by atoms with van der Waals surface area (Å²) in [5, 5.41) is 7.31. The topological polar surface area (TPSA) is 46.2 Å². The fourth-order valence-corrected chi connectivity index (χ4v) is 2.13. The van der Waals surface area contributed by atoms with Gasteiger partial charge in [0.25, 0.3) is 0 Å². The van der Waals surface area contributed by atoms with Crippen LogP contribution in [0.4, 0.5) is 5.82 Å². The highest BCUT2D eigenvalue weighted by Gasteiger charge is 2.03. The van der Waals surface area contributed by atoms with Gasteiger partial charge in [-0.1, -0.05) is 23.7 Å². The van der Waals surface area contributed by atoms with Crippen LogP contribution in [0.25, 0.3) is 0 Å². The van der Waals surface area contributed by atoms with Crippen molar-refractivity contribution in [3.8, 4) is 5.75 Å². The molecule has 0 saturated carbocycles. The van der Waals surface area contributed by atoms with Gasteiger partial charge in [0.1, 0.15) is 11.6 Å². The van der Waals surface area contributed by atoms with Gasteiger partial charge in [0.2, 0.25) is 0 Å². The molecule has 4 nitrogen and oxygen atoms in total. The van der Waals surface area contributed by atoms with Crippen molar-refractivity contribution < 1.29 is 4.74 Å². The van der Waals surface area contributed by atoms with Crippen molar-refractivity contribution in [2.24, 2.45) is 0 Å². The fourth-order valence-electron chi connectivity index (χ4n) is 1.75. The van der Waals surface area contributed by atoms with Crippen LogP contribution in [-0.2, 0) is 6.54 Å². The van der Waals surface area contributed by atoms with E-state index in [1.807, 2.05) is 37.3 Å². The number of nitrogens with one attached hydrogen (secondary N) is 2. The second-order valence-corrected chi connectivity index (χ2v) is 5.32. The van der Waals surface area contributed by atoms with Crippen molar-refractivity contribution >= 4 is 34.7 Å². The van der Waals surface area contributed by atoms with E-state index in [1.54, 1.807) is 13.3 Å². The Hall–Kier alpha value is -1.85. The monoisotopic (exact) mass is 321 g/mol. The largest absolute Gasteiger partial charge is 0.497 e. The predicted molar refractivity (Wildman–Crippen MR) is 90.0 cm³/mol. The van der Waals surface area contributed by atoms with Gasteiger partial charge in [-0.05, 0) is 48.5 Å². The molecular weight excluding hydrogens is 306 g/mol. The fraction of sp³-hybridized carbons (Fsp3) is 0.200. The summed E-state index contributed by atoms with van der Waals surface area (Å²) in [5.41, 5.74) is 2.05. The van der Waals surface area contributed by atoms with Crippen molar-refractivity contribution in [3.05, 3.63) is 52.7 Å². The number of aromatic nitrogens is 1. The Morgan fingerprint density at radius 1 is 1.33 bits per heavy atom. The summed E-state index contributed by atoms with van der Waals surface area (Å²) in [4.78, 5) is 4.21. The number of hydrogen-bond donors (Lipinski definition) is 2. The first-order valence-electron chi connectivity index (χ1n) is 6.38. The molecule has 2 aromatic rings. The number of halogens is 1. The summed E-state index contributed by atoms with van der Waals surface area (Å²) in [5.74, 6) is 1.53. The average Bonchev–Trinajstić information content (AvgIpc) is 2.48. The maximum Gasteiger partial charge on any atom is 0.172 e. The van der Waals surface area contributed by atoms with Crippen LogP contribution >= 0.6 is 23.8 Å². The van der Waals surface area contributed by atoms with E-state index in [9.17, 15) is 0 Å². The molecule has 0 aliphatic heterocycles. The molecule has 0 atom stereocenters. The molecule has 21 heavy (non-hydrogen) atoms. The van der Waals surface area contributed by atoms with Crippen LogP contribution in [0.5, 0.6) is 5.75 Å². The highest BCUT2D eigenvalue weighted by atomic mass is 35.5. The number of benzene rings is 1. The minimum absolute atomic E-state index is 0.517. The normalized spacial score (nSPS) is 10.0. The standard InChI is InChI=1S/C15H16ClN3OS/c1-10-7-12(16)9-17-14(10)19-15(21)18-8-11-3-5-13(20-2)6-4-11/h3-7,9H,8H2,1-2H3,(H2,17,18,19,21). The maximum absolute atomic E-state index is 5.87. The molecule has 0 fully saturated rings. The Morgan fingerprint density at radius 2 is 2.05 bits per heavy atom. The van der Waals surface area contributed by atoms with Gasteiger partial charge in [0.15, 0.2) is 5.11 Å². The highest BCUT2D eigenvalue weighted by molar-refractivity contribution is 7.80. The highest BCUT2D eigenvalue weighted by Crippen LogP contribution is 2.16. The Bertz CT molecular complexity index is 631. The van der Waals surface area contributed by atoms with Crippen LogP contribution in [0.3, 0.4) is 0 Å². The van der Waals surface area contributed by atoms with Gasteiger partial charge >= 0.3 is 0 Å². The molecule has 6 heteroatoms. The molecule has 1 aromatic heterocycles. The number of thiocarbonyl (C=S) groups is 1. The Morgan fingerprint density at radius 3 is 2.67 bits per heavy atom. The molecule has 110 valence electrons. The molecule has 1 aromatic carbocycles. The summed E-state index contributed by atoms with van der Waals surface area (Å²) in [6.45, 7) is 2.55. The molecular formula is C15H16ClN3OS. The average molecular weight is 322 g/mol. The van der Waals surface area contributed by atoms with E-state index in [1.165, 1.54) is 0 Å². The van der Waals surface area contributed by atoms with E-state index in [-0.39, 0.29) is 0 Å². The quantitative estimate of drug-likeness (QED) is 0.843. The third-order valence-electron chi connectivity index (χ3n) is 2.89. The van der Waals surface area contributed by atoms with Crippen molar-refractivity contribution in [3.63, 3.8) is 0 Å². The summed E-state index contributed by atoms with van der Waals surface area (Å²) in [6, 6.07) is 9.64. The molecule has 2 rings (SSSR count). The van der Waals surface area contributed by atoms with Crippen LogP contribution in [-0.4, -0.2) is 17.2 Å². The molecule has 0 saturated heterocycles. The second-order valence-electron chi connectivity index (χ2n) is 4.47. The Balaban J connectivity index is 1.89. The van der Waals surface area contributed by atoms with Crippen molar-refractivity contribution in [2.45, 2.75) is 13.5 Å². The molecule has 0 spiro atoms. The van der Waals surface area contributed by atoms with Crippen LogP contribution in [0, 0.1) is 6.92 Å². The first-order chi connectivity index (χ1) is 10.1. The van der Waals surface area contributed by atoms with Gasteiger partial charge in [-0.3, -0.25) is 0 Å². The van der Waals surface area contributed by atoms with Gasteiger partial charge in [-0.15, -0.1) is 0 Å². The minimum Gasteiger partial charge on any atom is -0.497 e. The molecule has 0 amide bonds. The zero-order chi connectivity index (χ0) is 15.2. The summed E-state index contributed by atoms with van der Waals surface area (Å²) >= 11 is 11.1. The number of rotatable bonds is 4. The lowest BCUT2D eigenvalue weighted by atomic mass is 10.2. The summed E-state index contributed by atoms with van der Waals surface area (Å²) < 4.78 is 5.12. The van der Waals surface area contributed by atoms with E-state index in [0.29, 0.717) is 22.5 Å². The zero-order valence-electron chi connectivity index (χ0n) is 11.8.